The van der Waals surface area contributed by atoms with Crippen molar-refractivity contribution in [2.45, 2.75) is 32.4 Å². The molecule has 1 fully saturated rings. The lowest BCUT2D eigenvalue weighted by Crippen LogP contribution is -2.32. The Balaban J connectivity index is 1.12. The van der Waals surface area contributed by atoms with Gasteiger partial charge in [-0.15, -0.1) is 0 Å². The van der Waals surface area contributed by atoms with Gasteiger partial charge in [0.15, 0.2) is 0 Å². The highest BCUT2D eigenvalue weighted by molar-refractivity contribution is 5.89. The zero-order valence-electron chi connectivity index (χ0n) is 24.2. The number of nitrogens with one attached hydrogen (secondary N) is 2. The second-order valence-electron chi connectivity index (χ2n) is 10.5. The van der Waals surface area contributed by atoms with Crippen molar-refractivity contribution >= 4 is 17.3 Å². The summed E-state index contributed by atoms with van der Waals surface area (Å²) in [6.07, 6.45) is 3.44. The van der Waals surface area contributed by atoms with Gasteiger partial charge < -0.3 is 24.8 Å². The lowest BCUT2D eigenvalue weighted by Gasteiger charge is -2.29. The third kappa shape index (κ3) is 7.47. The summed E-state index contributed by atoms with van der Waals surface area (Å²) in [4.78, 5) is 15.8. The van der Waals surface area contributed by atoms with Gasteiger partial charge >= 0.3 is 5.97 Å². The Morgan fingerprint density at radius 3 is 2.53 bits per heavy atom. The predicted molar refractivity (Wildman–Crippen MR) is 158 cm³/mol. The molecule has 2 heterocycles. The van der Waals surface area contributed by atoms with Crippen LogP contribution in [0.1, 0.15) is 34.8 Å². The molecule has 0 bridgehead atoms. The zero-order chi connectivity index (χ0) is 30.2. The lowest BCUT2D eigenvalue weighted by molar-refractivity contribution is -0.0206. The summed E-state index contributed by atoms with van der Waals surface area (Å²) >= 11 is 0. The van der Waals surface area contributed by atoms with Crippen molar-refractivity contribution in [2.75, 3.05) is 43.5 Å². The van der Waals surface area contributed by atoms with E-state index < -0.39 is 17.2 Å². The van der Waals surface area contributed by atoms with Gasteiger partial charge in [0, 0.05) is 42.0 Å². The number of aromatic nitrogens is 3. The van der Waals surface area contributed by atoms with Crippen LogP contribution >= 0.6 is 0 Å². The van der Waals surface area contributed by atoms with E-state index >= 15 is 0 Å². The topological polar surface area (TPSA) is 99.5 Å². The number of esters is 1. The Bertz CT molecular complexity index is 1520. The van der Waals surface area contributed by atoms with E-state index in [9.17, 15) is 13.6 Å². The number of benzene rings is 3. The Morgan fingerprint density at radius 1 is 1.07 bits per heavy atom. The first-order valence-corrected chi connectivity index (χ1v) is 14.3. The highest BCUT2D eigenvalue weighted by Gasteiger charge is 2.44. The number of nitrogens with zero attached hydrogens (tertiary/aromatic N) is 3. The number of carbonyl (C=O) groups excluding carboxylic acids is 1. The maximum atomic E-state index is 14.9. The Morgan fingerprint density at radius 2 is 1.84 bits per heavy atom. The minimum absolute atomic E-state index is 0.0115. The highest BCUT2D eigenvalue weighted by atomic mass is 19.1. The van der Waals surface area contributed by atoms with Crippen LogP contribution in [0.25, 0.3) is 0 Å². The molecule has 2 atom stereocenters. The second kappa shape index (κ2) is 13.6. The van der Waals surface area contributed by atoms with E-state index in [0.29, 0.717) is 50.5 Å². The Kier molecular flexibility index (Phi) is 9.51. The second-order valence-corrected chi connectivity index (χ2v) is 10.5. The van der Waals surface area contributed by atoms with Gasteiger partial charge in [0.1, 0.15) is 35.6 Å². The summed E-state index contributed by atoms with van der Waals surface area (Å²) in [6, 6.07) is 16.7. The molecule has 1 aliphatic rings. The monoisotopic (exact) mass is 591 g/mol. The third-order valence-corrected chi connectivity index (χ3v) is 7.35. The molecule has 0 saturated carbocycles. The summed E-state index contributed by atoms with van der Waals surface area (Å²) in [5, 5.41) is 10.9. The maximum Gasteiger partial charge on any atom is 0.338 e. The van der Waals surface area contributed by atoms with E-state index in [4.69, 9.17) is 14.2 Å². The molecule has 9 nitrogen and oxygen atoms in total. The van der Waals surface area contributed by atoms with Gasteiger partial charge in [-0.2, -0.15) is 5.10 Å². The van der Waals surface area contributed by atoms with Crippen LogP contribution < -0.4 is 15.4 Å². The van der Waals surface area contributed by atoms with Crippen LogP contribution in [0.15, 0.2) is 73.3 Å². The SMILES string of the molecule is CCOC(=O)c1ccc(NCCNc2ccc(OC[C@@H]3CO[C@@](Cn4cncn4)(c4ccc(F)cc4F)C3)c(C)c2)cc1. The number of rotatable bonds is 13. The number of hydrogen-bond donors (Lipinski definition) is 2. The lowest BCUT2D eigenvalue weighted by atomic mass is 9.87. The van der Waals surface area contributed by atoms with Crippen LogP contribution in [-0.4, -0.2) is 53.6 Å². The molecular weight excluding hydrogens is 556 g/mol. The van der Waals surface area contributed by atoms with E-state index in [1.54, 1.807) is 30.1 Å². The Hall–Kier alpha value is -4.51. The van der Waals surface area contributed by atoms with Crippen LogP contribution in [0.2, 0.25) is 0 Å². The number of halogens is 2. The molecule has 226 valence electrons. The molecule has 0 amide bonds. The fourth-order valence-corrected chi connectivity index (χ4v) is 5.27. The van der Waals surface area contributed by atoms with Crippen molar-refractivity contribution in [2.24, 2.45) is 5.92 Å². The zero-order valence-corrected chi connectivity index (χ0v) is 24.2. The number of hydrogen-bond acceptors (Lipinski definition) is 8. The number of ether oxygens (including phenoxy) is 3. The number of anilines is 2. The van der Waals surface area contributed by atoms with Crippen LogP contribution in [-0.2, 0) is 21.6 Å². The summed E-state index contributed by atoms with van der Waals surface area (Å²) in [6.45, 7) is 6.48. The fourth-order valence-electron chi connectivity index (χ4n) is 5.27. The molecule has 5 rings (SSSR count). The average Bonchev–Trinajstić information content (AvgIpc) is 3.66. The molecule has 0 radical (unpaired) electrons. The van der Waals surface area contributed by atoms with Gasteiger partial charge in [0.25, 0.3) is 0 Å². The van der Waals surface area contributed by atoms with E-state index in [-0.39, 0.29) is 18.4 Å². The van der Waals surface area contributed by atoms with Crippen LogP contribution in [0.5, 0.6) is 5.75 Å². The molecule has 0 unspecified atom stereocenters. The van der Waals surface area contributed by atoms with Crippen molar-refractivity contribution in [3.8, 4) is 5.75 Å². The molecule has 4 aromatic rings. The molecular formula is C32H35F2N5O4. The quantitative estimate of drug-likeness (QED) is 0.154. The third-order valence-electron chi connectivity index (χ3n) is 7.35. The van der Waals surface area contributed by atoms with E-state index in [2.05, 4.69) is 20.7 Å². The van der Waals surface area contributed by atoms with Gasteiger partial charge in [0.05, 0.1) is 31.9 Å². The highest BCUT2D eigenvalue weighted by Crippen LogP contribution is 2.42. The standard InChI is InChI=1S/C32H35F2N5O4/c1-3-41-31(40)24-4-7-26(8-5-24)36-12-13-37-27-9-11-30(22(2)14-27)42-17-23-16-32(43-18-23,19-39-21-35-20-38-39)28-10-6-25(33)15-29(28)34/h4-11,14-15,20-21,23,36-37H,3,12-13,16-19H2,1-2H3/t23-,32+/m1/s1. The molecule has 2 N–H and O–H groups in total. The first kappa shape index (κ1) is 30.0. The van der Waals surface area contributed by atoms with Gasteiger partial charge in [-0.05, 0) is 74.4 Å². The minimum Gasteiger partial charge on any atom is -0.493 e. The molecule has 1 aromatic heterocycles. The maximum absolute atomic E-state index is 14.9. The largest absolute Gasteiger partial charge is 0.493 e. The predicted octanol–water partition coefficient (Wildman–Crippen LogP) is 5.58. The van der Waals surface area contributed by atoms with E-state index in [1.165, 1.54) is 18.5 Å². The van der Waals surface area contributed by atoms with Gasteiger partial charge in [-0.1, -0.05) is 6.07 Å². The normalized spacial score (nSPS) is 17.9. The summed E-state index contributed by atoms with van der Waals surface area (Å²) in [5.74, 6) is -0.869. The summed E-state index contributed by atoms with van der Waals surface area (Å²) < 4.78 is 47.5. The van der Waals surface area contributed by atoms with Gasteiger partial charge in [0.2, 0.25) is 0 Å². The molecule has 3 aromatic carbocycles. The van der Waals surface area contributed by atoms with Crippen molar-refractivity contribution in [1.29, 1.82) is 0 Å². The summed E-state index contributed by atoms with van der Waals surface area (Å²) in [7, 11) is 0. The first-order valence-electron chi connectivity index (χ1n) is 14.3. The van der Waals surface area contributed by atoms with Crippen molar-refractivity contribution < 1.29 is 27.8 Å². The van der Waals surface area contributed by atoms with Gasteiger partial charge in [-0.3, -0.25) is 0 Å². The minimum atomic E-state index is -1.01. The van der Waals surface area contributed by atoms with Crippen LogP contribution in [0.4, 0.5) is 20.2 Å². The molecule has 43 heavy (non-hydrogen) atoms. The van der Waals surface area contributed by atoms with Crippen LogP contribution in [0, 0.1) is 24.5 Å². The smallest absolute Gasteiger partial charge is 0.338 e. The van der Waals surface area contributed by atoms with Crippen molar-refractivity contribution in [1.82, 2.24) is 14.8 Å². The summed E-state index contributed by atoms with van der Waals surface area (Å²) in [5.41, 5.74) is 2.66. The fraction of sp³-hybridized carbons (Fsp3) is 0.344. The van der Waals surface area contributed by atoms with Crippen molar-refractivity contribution in [3.63, 3.8) is 0 Å². The van der Waals surface area contributed by atoms with E-state index in [0.717, 1.165) is 28.8 Å². The first-order chi connectivity index (χ1) is 20.8. The van der Waals surface area contributed by atoms with E-state index in [1.807, 2.05) is 37.3 Å². The van der Waals surface area contributed by atoms with Gasteiger partial charge in [-0.25, -0.2) is 23.2 Å². The Labute approximate surface area is 249 Å². The average molecular weight is 592 g/mol. The molecule has 11 heteroatoms. The molecule has 1 saturated heterocycles. The van der Waals surface area contributed by atoms with Crippen molar-refractivity contribution in [3.05, 3.63) is 102 Å². The number of carbonyl (C=O) groups is 1. The molecule has 1 aliphatic heterocycles. The molecule has 0 aliphatic carbocycles. The number of aryl methyl sites for hydroxylation is 1. The molecule has 0 spiro atoms. The van der Waals surface area contributed by atoms with Crippen LogP contribution in [0.3, 0.4) is 0 Å².